The number of nitrogens with zero attached hydrogens (tertiary/aromatic N) is 2. The summed E-state index contributed by atoms with van der Waals surface area (Å²) in [5, 5.41) is 0. The molecule has 2 aromatic rings. The molecule has 2 aromatic carbocycles. The maximum Gasteiger partial charge on any atom is 0.264 e. The van der Waals surface area contributed by atoms with Gasteiger partial charge in [-0.3, -0.25) is 9.10 Å². The second-order valence-electron chi connectivity index (χ2n) is 7.60. The fraction of sp³-hybridized carbons (Fsp3) is 0.409. The molecule has 1 saturated carbocycles. The standard InChI is InChI=1S/C22H26N2O4S/c1-23(18-9-3-2-4-10-18)29(26,27)19-11-7-8-17(16-19)22(25)24-14-15-28-21-13-6-5-12-20(21)24/h2-4,7-11,16,20-21H,5-6,12-15H2,1H3. The first-order valence-electron chi connectivity index (χ1n) is 10.0. The molecule has 0 bridgehead atoms. The van der Waals surface area contributed by atoms with E-state index in [0.29, 0.717) is 24.4 Å². The van der Waals surface area contributed by atoms with E-state index in [-0.39, 0.29) is 22.9 Å². The van der Waals surface area contributed by atoms with Gasteiger partial charge in [0.1, 0.15) is 0 Å². The monoisotopic (exact) mass is 414 g/mol. The minimum Gasteiger partial charge on any atom is -0.374 e. The van der Waals surface area contributed by atoms with Crippen molar-refractivity contribution in [2.75, 3.05) is 24.5 Å². The number of benzene rings is 2. The van der Waals surface area contributed by atoms with Gasteiger partial charge in [0.25, 0.3) is 15.9 Å². The molecular weight excluding hydrogens is 388 g/mol. The smallest absolute Gasteiger partial charge is 0.264 e. The van der Waals surface area contributed by atoms with E-state index in [9.17, 15) is 13.2 Å². The summed E-state index contributed by atoms with van der Waals surface area (Å²) in [4.78, 5) is 15.2. The Labute approximate surface area is 172 Å². The molecule has 7 heteroatoms. The molecule has 2 fully saturated rings. The number of fused-ring (bicyclic) bond motifs is 1. The summed E-state index contributed by atoms with van der Waals surface area (Å²) in [5.41, 5.74) is 0.973. The SMILES string of the molecule is CN(c1ccccc1)S(=O)(=O)c1cccc(C(=O)N2CCOC3CCCCC32)c1. The first-order chi connectivity index (χ1) is 14.0. The molecule has 0 spiro atoms. The maximum atomic E-state index is 13.2. The van der Waals surface area contributed by atoms with Crippen molar-refractivity contribution >= 4 is 21.6 Å². The number of carbonyl (C=O) groups excluding carboxylic acids is 1. The minimum atomic E-state index is -3.76. The molecule has 1 heterocycles. The van der Waals surface area contributed by atoms with Crippen LogP contribution in [0.15, 0.2) is 59.5 Å². The molecule has 29 heavy (non-hydrogen) atoms. The molecule has 1 aliphatic carbocycles. The molecule has 0 N–H and O–H groups in total. The molecule has 154 valence electrons. The number of hydrogen-bond acceptors (Lipinski definition) is 4. The largest absolute Gasteiger partial charge is 0.374 e. The zero-order valence-corrected chi connectivity index (χ0v) is 17.3. The van der Waals surface area contributed by atoms with Gasteiger partial charge in [-0.2, -0.15) is 0 Å². The Hall–Kier alpha value is -2.38. The molecule has 0 radical (unpaired) electrons. The van der Waals surface area contributed by atoms with E-state index >= 15 is 0 Å². The van der Waals surface area contributed by atoms with Gasteiger partial charge >= 0.3 is 0 Å². The van der Waals surface area contributed by atoms with Gasteiger partial charge < -0.3 is 9.64 Å². The van der Waals surface area contributed by atoms with Crippen LogP contribution in [0.25, 0.3) is 0 Å². The van der Waals surface area contributed by atoms with Crippen molar-refractivity contribution in [2.24, 2.45) is 0 Å². The molecule has 2 atom stereocenters. The van der Waals surface area contributed by atoms with Gasteiger partial charge in [-0.15, -0.1) is 0 Å². The highest BCUT2D eigenvalue weighted by Crippen LogP contribution is 2.30. The molecule has 0 aromatic heterocycles. The Morgan fingerprint density at radius 2 is 1.83 bits per heavy atom. The first kappa shape index (κ1) is 19.9. The number of carbonyl (C=O) groups is 1. The van der Waals surface area contributed by atoms with Gasteiger partial charge in [-0.05, 0) is 43.2 Å². The Morgan fingerprint density at radius 3 is 2.62 bits per heavy atom. The molecule has 1 amide bonds. The van der Waals surface area contributed by atoms with Crippen LogP contribution in [0.4, 0.5) is 5.69 Å². The van der Waals surface area contributed by atoms with Crippen molar-refractivity contribution in [1.82, 2.24) is 4.90 Å². The van der Waals surface area contributed by atoms with Gasteiger partial charge in [0.2, 0.25) is 0 Å². The number of hydrogen-bond donors (Lipinski definition) is 0. The number of morpholine rings is 1. The van der Waals surface area contributed by atoms with Crippen molar-refractivity contribution < 1.29 is 17.9 Å². The van der Waals surface area contributed by atoms with Crippen LogP contribution in [0.2, 0.25) is 0 Å². The van der Waals surface area contributed by atoms with Crippen LogP contribution in [0.3, 0.4) is 0 Å². The van der Waals surface area contributed by atoms with Crippen molar-refractivity contribution in [3.63, 3.8) is 0 Å². The van der Waals surface area contributed by atoms with E-state index in [1.54, 1.807) is 36.4 Å². The fourth-order valence-corrected chi connectivity index (χ4v) is 5.48. The fourth-order valence-electron chi connectivity index (χ4n) is 4.24. The van der Waals surface area contributed by atoms with Crippen LogP contribution in [-0.2, 0) is 14.8 Å². The van der Waals surface area contributed by atoms with Crippen LogP contribution in [0.1, 0.15) is 36.0 Å². The number of ether oxygens (including phenoxy) is 1. The topological polar surface area (TPSA) is 66.9 Å². The normalized spacial score (nSPS) is 22.0. The van der Waals surface area contributed by atoms with Crippen molar-refractivity contribution in [3.8, 4) is 0 Å². The Kier molecular flexibility index (Phi) is 5.61. The third kappa shape index (κ3) is 3.89. The Bertz CT molecular complexity index is 975. The molecule has 6 nitrogen and oxygen atoms in total. The molecular formula is C22H26N2O4S. The molecule has 4 rings (SSSR count). The maximum absolute atomic E-state index is 13.2. The van der Waals surface area contributed by atoms with E-state index in [2.05, 4.69) is 0 Å². The highest BCUT2D eigenvalue weighted by Gasteiger charge is 2.37. The van der Waals surface area contributed by atoms with Crippen molar-refractivity contribution in [3.05, 3.63) is 60.2 Å². The summed E-state index contributed by atoms with van der Waals surface area (Å²) in [6.07, 6.45) is 4.22. The summed E-state index contributed by atoms with van der Waals surface area (Å²) in [6.45, 7) is 1.07. The lowest BCUT2D eigenvalue weighted by Crippen LogP contribution is -2.54. The molecule has 2 aliphatic rings. The zero-order valence-electron chi connectivity index (χ0n) is 16.5. The van der Waals surface area contributed by atoms with Crippen LogP contribution in [-0.4, -0.2) is 51.6 Å². The average molecular weight is 415 g/mol. The number of anilines is 1. The van der Waals surface area contributed by atoms with Crippen molar-refractivity contribution in [2.45, 2.75) is 42.7 Å². The predicted octanol–water partition coefficient (Wildman–Crippen LogP) is 3.30. The van der Waals surface area contributed by atoms with E-state index < -0.39 is 10.0 Å². The zero-order chi connectivity index (χ0) is 20.4. The quantitative estimate of drug-likeness (QED) is 0.770. The van der Waals surface area contributed by atoms with Gasteiger partial charge in [-0.25, -0.2) is 8.42 Å². The first-order valence-corrected chi connectivity index (χ1v) is 11.5. The van der Waals surface area contributed by atoms with Crippen LogP contribution in [0, 0.1) is 0 Å². The summed E-state index contributed by atoms with van der Waals surface area (Å²) < 4.78 is 33.3. The minimum absolute atomic E-state index is 0.0808. The second kappa shape index (κ2) is 8.16. The lowest BCUT2D eigenvalue weighted by molar-refractivity contribution is -0.0752. The third-order valence-electron chi connectivity index (χ3n) is 5.85. The summed E-state index contributed by atoms with van der Waals surface area (Å²) in [7, 11) is -2.24. The Morgan fingerprint density at radius 1 is 1.07 bits per heavy atom. The van der Waals surface area contributed by atoms with E-state index in [1.807, 2.05) is 11.0 Å². The highest BCUT2D eigenvalue weighted by molar-refractivity contribution is 7.92. The van der Waals surface area contributed by atoms with Crippen LogP contribution < -0.4 is 4.31 Å². The van der Waals surface area contributed by atoms with E-state index in [1.165, 1.54) is 23.5 Å². The van der Waals surface area contributed by atoms with Crippen LogP contribution >= 0.6 is 0 Å². The highest BCUT2D eigenvalue weighted by atomic mass is 32.2. The molecule has 1 saturated heterocycles. The number of rotatable bonds is 4. The van der Waals surface area contributed by atoms with E-state index in [0.717, 1.165) is 25.7 Å². The van der Waals surface area contributed by atoms with Crippen molar-refractivity contribution in [1.29, 1.82) is 0 Å². The summed E-state index contributed by atoms with van der Waals surface area (Å²) >= 11 is 0. The van der Waals surface area contributed by atoms with Gasteiger partial charge in [-0.1, -0.05) is 37.1 Å². The van der Waals surface area contributed by atoms with Gasteiger partial charge in [0, 0.05) is 19.2 Å². The van der Waals surface area contributed by atoms with E-state index in [4.69, 9.17) is 4.74 Å². The molecule has 1 aliphatic heterocycles. The predicted molar refractivity (Wildman–Crippen MR) is 112 cm³/mol. The molecule has 2 unspecified atom stereocenters. The number of para-hydroxylation sites is 1. The van der Waals surface area contributed by atoms with Crippen LogP contribution in [0.5, 0.6) is 0 Å². The average Bonchev–Trinajstić information content (AvgIpc) is 2.78. The van der Waals surface area contributed by atoms with Gasteiger partial charge in [0.05, 0.1) is 29.3 Å². The number of amides is 1. The Balaban J connectivity index is 1.60. The second-order valence-corrected chi connectivity index (χ2v) is 9.56. The third-order valence-corrected chi connectivity index (χ3v) is 7.63. The number of sulfonamides is 1. The summed E-state index contributed by atoms with van der Waals surface area (Å²) in [5.74, 6) is -0.121. The lowest BCUT2D eigenvalue weighted by Gasteiger charge is -2.43. The summed E-state index contributed by atoms with van der Waals surface area (Å²) in [6, 6.07) is 15.3. The van der Waals surface area contributed by atoms with Gasteiger partial charge in [0.15, 0.2) is 0 Å². The lowest BCUT2D eigenvalue weighted by atomic mass is 9.89.